The second-order valence-electron chi connectivity index (χ2n) is 3.21. The summed E-state index contributed by atoms with van der Waals surface area (Å²) in [5, 5.41) is 0. The summed E-state index contributed by atoms with van der Waals surface area (Å²) in [4.78, 5) is 17.8. The lowest BCUT2D eigenvalue weighted by Gasteiger charge is -2.03. The van der Waals surface area contributed by atoms with Gasteiger partial charge in [0.15, 0.2) is 5.96 Å². The van der Waals surface area contributed by atoms with Crippen molar-refractivity contribution in [1.29, 1.82) is 0 Å². The molecular formula is C10H12FN5O2. The van der Waals surface area contributed by atoms with E-state index in [-0.39, 0.29) is 23.4 Å². The predicted molar refractivity (Wildman–Crippen MR) is 64.8 cm³/mol. The van der Waals surface area contributed by atoms with Crippen LogP contribution in [0, 0.1) is 5.82 Å². The SMILES string of the molecule is CC(=O)Oc1ccc(F)c(N=C(N)N=C(N)N)c1. The average Bonchev–Trinajstić information content (AvgIpc) is 2.21. The molecule has 0 bridgehead atoms. The van der Waals surface area contributed by atoms with Gasteiger partial charge < -0.3 is 21.9 Å². The number of halogens is 1. The molecule has 6 N–H and O–H groups in total. The molecule has 0 saturated heterocycles. The van der Waals surface area contributed by atoms with Crippen molar-refractivity contribution in [1.82, 2.24) is 0 Å². The van der Waals surface area contributed by atoms with Crippen LogP contribution in [0.2, 0.25) is 0 Å². The van der Waals surface area contributed by atoms with Crippen LogP contribution in [0.15, 0.2) is 28.2 Å². The second kappa shape index (κ2) is 5.62. The van der Waals surface area contributed by atoms with Crippen molar-refractivity contribution in [2.24, 2.45) is 27.2 Å². The van der Waals surface area contributed by atoms with E-state index in [9.17, 15) is 9.18 Å². The largest absolute Gasteiger partial charge is 0.427 e. The van der Waals surface area contributed by atoms with Gasteiger partial charge in [0.1, 0.15) is 17.3 Å². The maximum absolute atomic E-state index is 13.4. The summed E-state index contributed by atoms with van der Waals surface area (Å²) in [6, 6.07) is 3.57. The monoisotopic (exact) mass is 253 g/mol. The molecule has 0 saturated carbocycles. The number of rotatable bonds is 2. The van der Waals surface area contributed by atoms with E-state index in [0.29, 0.717) is 0 Å². The lowest BCUT2D eigenvalue weighted by atomic mass is 10.3. The molecule has 18 heavy (non-hydrogen) atoms. The minimum Gasteiger partial charge on any atom is -0.427 e. The van der Waals surface area contributed by atoms with E-state index >= 15 is 0 Å². The van der Waals surface area contributed by atoms with Crippen LogP contribution in [0.1, 0.15) is 6.92 Å². The van der Waals surface area contributed by atoms with Gasteiger partial charge in [0.2, 0.25) is 5.96 Å². The molecular weight excluding hydrogens is 241 g/mol. The smallest absolute Gasteiger partial charge is 0.308 e. The van der Waals surface area contributed by atoms with Crippen LogP contribution in [0.3, 0.4) is 0 Å². The summed E-state index contributed by atoms with van der Waals surface area (Å²) in [5.74, 6) is -1.66. The van der Waals surface area contributed by atoms with E-state index in [1.807, 2.05) is 0 Å². The summed E-state index contributed by atoms with van der Waals surface area (Å²) in [5.41, 5.74) is 15.4. The summed E-state index contributed by atoms with van der Waals surface area (Å²) in [6.07, 6.45) is 0. The van der Waals surface area contributed by atoms with Gasteiger partial charge in [-0.15, -0.1) is 0 Å². The first-order valence-electron chi connectivity index (χ1n) is 4.80. The standard InChI is InChI=1S/C10H12FN5O2/c1-5(17)18-6-2-3-7(11)8(4-6)15-10(14)16-9(12)13/h2-4H,1H3,(H6,12,13,14,15,16). The fourth-order valence-electron chi connectivity index (χ4n) is 1.09. The van der Waals surface area contributed by atoms with Gasteiger partial charge in [-0.2, -0.15) is 4.99 Å². The molecule has 0 radical (unpaired) electrons. The Hall–Kier alpha value is -2.64. The molecule has 0 heterocycles. The van der Waals surface area contributed by atoms with Crippen LogP contribution in [-0.2, 0) is 4.79 Å². The number of carbonyl (C=O) groups excluding carboxylic acids is 1. The Labute approximate surface area is 102 Å². The molecule has 96 valence electrons. The van der Waals surface area contributed by atoms with Crippen molar-refractivity contribution in [2.75, 3.05) is 0 Å². The van der Waals surface area contributed by atoms with Gasteiger partial charge in [-0.1, -0.05) is 0 Å². The first-order chi connectivity index (χ1) is 8.38. The van der Waals surface area contributed by atoms with E-state index in [2.05, 4.69) is 9.98 Å². The Morgan fingerprint density at radius 2 is 2.00 bits per heavy atom. The molecule has 0 fully saturated rings. The number of hydrogen-bond acceptors (Lipinski definition) is 3. The molecule has 1 aromatic rings. The minimum absolute atomic E-state index is 0.139. The first-order valence-corrected chi connectivity index (χ1v) is 4.80. The molecule has 0 unspecified atom stereocenters. The van der Waals surface area contributed by atoms with Crippen LogP contribution >= 0.6 is 0 Å². The van der Waals surface area contributed by atoms with Gasteiger partial charge in [0.05, 0.1) is 0 Å². The maximum Gasteiger partial charge on any atom is 0.308 e. The third-order valence-corrected chi connectivity index (χ3v) is 1.66. The Balaban J connectivity index is 3.08. The normalized spacial score (nSPS) is 10.9. The lowest BCUT2D eigenvalue weighted by Crippen LogP contribution is -2.26. The van der Waals surface area contributed by atoms with Crippen LogP contribution in [-0.4, -0.2) is 17.9 Å². The Morgan fingerprint density at radius 1 is 1.33 bits per heavy atom. The number of guanidine groups is 2. The number of benzene rings is 1. The van der Waals surface area contributed by atoms with Crippen molar-refractivity contribution in [2.45, 2.75) is 6.92 Å². The van der Waals surface area contributed by atoms with Crippen LogP contribution in [0.4, 0.5) is 10.1 Å². The molecule has 1 aromatic carbocycles. The molecule has 0 aromatic heterocycles. The van der Waals surface area contributed by atoms with Gasteiger partial charge in [0.25, 0.3) is 0 Å². The Kier molecular flexibility index (Phi) is 4.19. The molecule has 7 nitrogen and oxygen atoms in total. The summed E-state index contributed by atoms with van der Waals surface area (Å²) >= 11 is 0. The highest BCUT2D eigenvalue weighted by Gasteiger charge is 2.06. The van der Waals surface area contributed by atoms with Crippen molar-refractivity contribution < 1.29 is 13.9 Å². The molecule has 0 spiro atoms. The molecule has 8 heteroatoms. The third kappa shape index (κ3) is 4.08. The zero-order valence-corrected chi connectivity index (χ0v) is 9.55. The number of nitrogens with zero attached hydrogens (tertiary/aromatic N) is 2. The first kappa shape index (κ1) is 13.4. The molecule has 0 atom stereocenters. The van der Waals surface area contributed by atoms with Crippen molar-refractivity contribution in [3.05, 3.63) is 24.0 Å². The van der Waals surface area contributed by atoms with E-state index in [0.717, 1.165) is 6.07 Å². The van der Waals surface area contributed by atoms with Gasteiger partial charge in [-0.25, -0.2) is 9.38 Å². The molecule has 0 aliphatic carbocycles. The number of esters is 1. The molecule has 0 amide bonds. The molecule has 1 rings (SSSR count). The van der Waals surface area contributed by atoms with E-state index in [4.69, 9.17) is 21.9 Å². The second-order valence-corrected chi connectivity index (χ2v) is 3.21. The quantitative estimate of drug-likeness (QED) is 0.295. The highest BCUT2D eigenvalue weighted by Crippen LogP contribution is 2.24. The highest BCUT2D eigenvalue weighted by molar-refractivity contribution is 5.93. The van der Waals surface area contributed by atoms with Crippen LogP contribution in [0.25, 0.3) is 0 Å². The van der Waals surface area contributed by atoms with Gasteiger partial charge in [-0.05, 0) is 12.1 Å². The molecule has 0 aliphatic heterocycles. The van der Waals surface area contributed by atoms with Crippen LogP contribution in [0.5, 0.6) is 5.75 Å². The number of nitrogens with two attached hydrogens (primary N) is 3. The maximum atomic E-state index is 13.4. The number of ether oxygens (including phenoxy) is 1. The zero-order chi connectivity index (χ0) is 13.7. The summed E-state index contributed by atoms with van der Waals surface area (Å²) < 4.78 is 18.2. The van der Waals surface area contributed by atoms with Crippen molar-refractivity contribution in [3.8, 4) is 5.75 Å². The van der Waals surface area contributed by atoms with Crippen LogP contribution < -0.4 is 21.9 Å². The lowest BCUT2D eigenvalue weighted by molar-refractivity contribution is -0.131. The molecule has 0 aliphatic rings. The van der Waals surface area contributed by atoms with E-state index < -0.39 is 11.8 Å². The number of carbonyl (C=O) groups is 1. The van der Waals surface area contributed by atoms with Crippen molar-refractivity contribution >= 4 is 23.6 Å². The average molecular weight is 253 g/mol. The third-order valence-electron chi connectivity index (χ3n) is 1.66. The summed E-state index contributed by atoms with van der Waals surface area (Å²) in [7, 11) is 0. The predicted octanol–water partition coefficient (Wildman–Crippen LogP) is -0.0294. The van der Waals surface area contributed by atoms with E-state index in [1.54, 1.807) is 0 Å². The Bertz CT molecular complexity index is 523. The fourth-order valence-corrected chi connectivity index (χ4v) is 1.09. The summed E-state index contributed by atoms with van der Waals surface area (Å²) in [6.45, 7) is 1.22. The fraction of sp³-hybridized carbons (Fsp3) is 0.100. The zero-order valence-electron chi connectivity index (χ0n) is 9.55. The number of aliphatic imine (C=N–C) groups is 2. The van der Waals surface area contributed by atoms with Gasteiger partial charge in [-0.3, -0.25) is 4.79 Å². The minimum atomic E-state index is -0.653. The highest BCUT2D eigenvalue weighted by atomic mass is 19.1. The topological polar surface area (TPSA) is 129 Å². The Morgan fingerprint density at radius 3 is 2.56 bits per heavy atom. The van der Waals surface area contributed by atoms with E-state index in [1.165, 1.54) is 19.1 Å². The van der Waals surface area contributed by atoms with Gasteiger partial charge >= 0.3 is 5.97 Å². The van der Waals surface area contributed by atoms with Crippen molar-refractivity contribution in [3.63, 3.8) is 0 Å². The van der Waals surface area contributed by atoms with Gasteiger partial charge in [0, 0.05) is 13.0 Å². The number of hydrogen-bond donors (Lipinski definition) is 3.